The number of nitrogens with zero attached hydrogens (tertiary/aromatic N) is 2. The van der Waals surface area contributed by atoms with E-state index in [-0.39, 0.29) is 34.5 Å². The number of hydrogen-bond acceptors (Lipinski definition) is 4. The molecule has 2 fully saturated rings. The van der Waals surface area contributed by atoms with Crippen LogP contribution in [0.15, 0.2) is 29.3 Å². The molecule has 2 saturated heterocycles. The molecule has 0 N–H and O–H groups in total. The highest BCUT2D eigenvalue weighted by Gasteiger charge is 2.49. The maximum absolute atomic E-state index is 13.2. The summed E-state index contributed by atoms with van der Waals surface area (Å²) in [5.74, 6) is -0.467. The van der Waals surface area contributed by atoms with Gasteiger partial charge in [0.25, 0.3) is 0 Å². The number of carbonyl (C=O) groups is 1. The van der Waals surface area contributed by atoms with Crippen molar-refractivity contribution in [3.8, 4) is 0 Å². The molecule has 124 valence electrons. The van der Waals surface area contributed by atoms with Gasteiger partial charge in [-0.15, -0.1) is 0 Å². The molecule has 5 nitrogen and oxygen atoms in total. The molecule has 23 heavy (non-hydrogen) atoms. The molecule has 2 aliphatic rings. The van der Waals surface area contributed by atoms with E-state index in [2.05, 4.69) is 4.99 Å². The average molecular weight is 356 g/mol. The third kappa shape index (κ3) is 3.42. The third-order valence-corrected chi connectivity index (χ3v) is 7.07. The van der Waals surface area contributed by atoms with Gasteiger partial charge in [-0.25, -0.2) is 12.8 Å². The Morgan fingerprint density at radius 3 is 2.70 bits per heavy atom. The Morgan fingerprint density at radius 2 is 2.04 bits per heavy atom. The standard InChI is InChI=1S/C15H17FN2O3S2/c1-2-3-14(19)17-15-18(11-6-4-10(16)5-7-11)12-8-23(20,21)9-13(12)22-15/h4-7,12-13H,2-3,8-9H2,1H3. The number of thioether (sulfide) groups is 1. The van der Waals surface area contributed by atoms with Gasteiger partial charge in [0.1, 0.15) is 5.82 Å². The molecule has 3 rings (SSSR count). The zero-order valence-corrected chi connectivity index (χ0v) is 14.2. The molecule has 0 radical (unpaired) electrons. The molecule has 2 atom stereocenters. The van der Waals surface area contributed by atoms with Crippen LogP contribution >= 0.6 is 11.8 Å². The van der Waals surface area contributed by atoms with Gasteiger partial charge in [0.2, 0.25) is 5.91 Å². The lowest BCUT2D eigenvalue weighted by Gasteiger charge is -2.24. The largest absolute Gasteiger partial charge is 0.316 e. The number of benzene rings is 1. The molecule has 2 heterocycles. The van der Waals surface area contributed by atoms with Crippen LogP contribution in [0.3, 0.4) is 0 Å². The summed E-state index contributed by atoms with van der Waals surface area (Å²) < 4.78 is 37.0. The van der Waals surface area contributed by atoms with E-state index in [1.807, 2.05) is 6.92 Å². The smallest absolute Gasteiger partial charge is 0.248 e. The van der Waals surface area contributed by atoms with E-state index in [1.165, 1.54) is 23.9 Å². The molecular formula is C15H17FN2O3S2. The number of carbonyl (C=O) groups excluding carboxylic acids is 1. The van der Waals surface area contributed by atoms with Crippen molar-refractivity contribution in [2.24, 2.45) is 4.99 Å². The summed E-state index contributed by atoms with van der Waals surface area (Å²) in [5, 5.41) is 0.373. The maximum Gasteiger partial charge on any atom is 0.248 e. The lowest BCUT2D eigenvalue weighted by molar-refractivity contribution is -0.117. The molecule has 8 heteroatoms. The number of hydrogen-bond donors (Lipinski definition) is 0. The highest BCUT2D eigenvalue weighted by atomic mass is 32.2. The van der Waals surface area contributed by atoms with Crippen molar-refractivity contribution in [2.45, 2.75) is 31.1 Å². The molecule has 2 aliphatic heterocycles. The Hall–Kier alpha value is -1.41. The monoisotopic (exact) mass is 356 g/mol. The quantitative estimate of drug-likeness (QED) is 0.831. The van der Waals surface area contributed by atoms with Crippen molar-refractivity contribution in [3.05, 3.63) is 30.1 Å². The molecule has 2 unspecified atom stereocenters. The number of sulfone groups is 1. The molecule has 1 amide bonds. The normalized spacial score (nSPS) is 27.4. The van der Waals surface area contributed by atoms with Gasteiger partial charge >= 0.3 is 0 Å². The number of fused-ring (bicyclic) bond motifs is 1. The van der Waals surface area contributed by atoms with E-state index >= 15 is 0 Å². The van der Waals surface area contributed by atoms with Gasteiger partial charge in [-0.1, -0.05) is 18.7 Å². The number of rotatable bonds is 3. The predicted molar refractivity (Wildman–Crippen MR) is 90.0 cm³/mol. The predicted octanol–water partition coefficient (Wildman–Crippen LogP) is 2.23. The zero-order chi connectivity index (χ0) is 16.6. The van der Waals surface area contributed by atoms with Gasteiger partial charge in [0, 0.05) is 17.4 Å². The van der Waals surface area contributed by atoms with Crippen LogP contribution in [0.25, 0.3) is 0 Å². The summed E-state index contributed by atoms with van der Waals surface area (Å²) >= 11 is 1.33. The SMILES string of the molecule is CCCC(=O)N=C1SC2CS(=O)(=O)CC2N1c1ccc(F)cc1. The van der Waals surface area contributed by atoms with Crippen LogP contribution in [-0.4, -0.2) is 42.3 Å². The van der Waals surface area contributed by atoms with Crippen molar-refractivity contribution < 1.29 is 17.6 Å². The van der Waals surface area contributed by atoms with Gasteiger partial charge in [-0.3, -0.25) is 4.79 Å². The van der Waals surface area contributed by atoms with Crippen molar-refractivity contribution >= 4 is 38.4 Å². The third-order valence-electron chi connectivity index (χ3n) is 3.86. The first kappa shape index (κ1) is 16.4. The molecule has 0 spiro atoms. The van der Waals surface area contributed by atoms with Crippen LogP contribution in [-0.2, 0) is 14.6 Å². The average Bonchev–Trinajstić information content (AvgIpc) is 2.91. The lowest BCUT2D eigenvalue weighted by atomic mass is 10.2. The van der Waals surface area contributed by atoms with E-state index in [0.29, 0.717) is 23.7 Å². The second kappa shape index (κ2) is 6.24. The summed E-state index contributed by atoms with van der Waals surface area (Å²) in [4.78, 5) is 17.8. The molecule has 0 aromatic heterocycles. The van der Waals surface area contributed by atoms with Crippen LogP contribution in [0.2, 0.25) is 0 Å². The number of aliphatic imine (C=N–C) groups is 1. The fraction of sp³-hybridized carbons (Fsp3) is 0.467. The maximum atomic E-state index is 13.2. The summed E-state index contributed by atoms with van der Waals surface area (Å²) in [5.41, 5.74) is 0.659. The highest BCUT2D eigenvalue weighted by molar-refractivity contribution is 8.16. The fourth-order valence-electron chi connectivity index (χ4n) is 2.84. The van der Waals surface area contributed by atoms with Crippen molar-refractivity contribution in [1.29, 1.82) is 0 Å². The van der Waals surface area contributed by atoms with E-state index in [0.717, 1.165) is 0 Å². The summed E-state index contributed by atoms with van der Waals surface area (Å²) in [6, 6.07) is 5.56. The Labute approximate surface area is 138 Å². The minimum Gasteiger partial charge on any atom is -0.316 e. The number of amides is 1. The van der Waals surface area contributed by atoms with Crippen LogP contribution in [0.5, 0.6) is 0 Å². The van der Waals surface area contributed by atoms with Crippen molar-refractivity contribution in [2.75, 3.05) is 16.4 Å². The molecule has 0 aliphatic carbocycles. The van der Waals surface area contributed by atoms with Gasteiger partial charge in [0.05, 0.1) is 17.5 Å². The van der Waals surface area contributed by atoms with Crippen LogP contribution in [0, 0.1) is 5.82 Å². The second-order valence-electron chi connectivity index (χ2n) is 5.69. The van der Waals surface area contributed by atoms with E-state index in [9.17, 15) is 17.6 Å². The van der Waals surface area contributed by atoms with E-state index in [4.69, 9.17) is 0 Å². The molecule has 0 saturated carbocycles. The topological polar surface area (TPSA) is 66.8 Å². The van der Waals surface area contributed by atoms with Crippen LogP contribution < -0.4 is 4.90 Å². The van der Waals surface area contributed by atoms with Gasteiger partial charge in [-0.05, 0) is 30.7 Å². The van der Waals surface area contributed by atoms with Crippen molar-refractivity contribution in [1.82, 2.24) is 0 Å². The van der Waals surface area contributed by atoms with Gasteiger partial charge in [0.15, 0.2) is 15.0 Å². The number of halogens is 1. The first-order chi connectivity index (χ1) is 10.9. The van der Waals surface area contributed by atoms with Crippen LogP contribution in [0.4, 0.5) is 10.1 Å². The van der Waals surface area contributed by atoms with Gasteiger partial charge in [-0.2, -0.15) is 4.99 Å². The van der Waals surface area contributed by atoms with Gasteiger partial charge < -0.3 is 4.90 Å². The summed E-state index contributed by atoms with van der Waals surface area (Å²) in [7, 11) is -3.09. The summed E-state index contributed by atoms with van der Waals surface area (Å²) in [6.45, 7) is 1.90. The highest BCUT2D eigenvalue weighted by Crippen LogP contribution is 2.40. The number of amidine groups is 1. The van der Waals surface area contributed by atoms with E-state index in [1.54, 1.807) is 17.0 Å². The fourth-order valence-corrected chi connectivity index (χ4v) is 6.78. The van der Waals surface area contributed by atoms with Crippen LogP contribution in [0.1, 0.15) is 19.8 Å². The number of anilines is 1. The molecule has 1 aromatic rings. The lowest BCUT2D eigenvalue weighted by Crippen LogP contribution is -2.37. The minimum absolute atomic E-state index is 0.0308. The molecule has 0 bridgehead atoms. The molecular weight excluding hydrogens is 339 g/mol. The zero-order valence-electron chi connectivity index (χ0n) is 12.6. The Morgan fingerprint density at radius 1 is 1.35 bits per heavy atom. The Bertz CT molecular complexity index is 746. The first-order valence-corrected chi connectivity index (χ1v) is 10.1. The van der Waals surface area contributed by atoms with E-state index < -0.39 is 9.84 Å². The first-order valence-electron chi connectivity index (χ1n) is 7.43. The minimum atomic E-state index is -3.09. The molecule has 1 aromatic carbocycles. The Kier molecular flexibility index (Phi) is 4.46. The Balaban J connectivity index is 1.97. The van der Waals surface area contributed by atoms with Crippen molar-refractivity contribution in [3.63, 3.8) is 0 Å². The second-order valence-corrected chi connectivity index (χ2v) is 9.05. The summed E-state index contributed by atoms with van der Waals surface area (Å²) in [6.07, 6.45) is 1.06.